The van der Waals surface area contributed by atoms with Crippen molar-refractivity contribution in [1.29, 1.82) is 0 Å². The second kappa shape index (κ2) is 7.12. The minimum Gasteiger partial charge on any atom is -0.465 e. The summed E-state index contributed by atoms with van der Waals surface area (Å²) >= 11 is 0. The van der Waals surface area contributed by atoms with Crippen molar-refractivity contribution in [2.24, 2.45) is 0 Å². The third-order valence-corrected chi connectivity index (χ3v) is 3.06. The summed E-state index contributed by atoms with van der Waals surface area (Å²) in [6.07, 6.45) is -0.607. The highest BCUT2D eigenvalue weighted by atomic mass is 16.5. The van der Waals surface area contributed by atoms with E-state index in [9.17, 15) is 9.90 Å². The Hall–Kier alpha value is -1.79. The molecule has 3 N–H and O–H groups in total. The number of nitrogen functional groups attached to an aromatic ring is 1. The maximum atomic E-state index is 11.7. The quantitative estimate of drug-likeness (QED) is 0.593. The van der Waals surface area contributed by atoms with Crippen molar-refractivity contribution in [2.75, 3.05) is 45.1 Å². The van der Waals surface area contributed by atoms with Crippen LogP contribution in [0.1, 0.15) is 15.9 Å². The van der Waals surface area contributed by atoms with Gasteiger partial charge in [-0.1, -0.05) is 0 Å². The first-order valence-electron chi connectivity index (χ1n) is 6.27. The summed E-state index contributed by atoms with van der Waals surface area (Å²) in [7, 11) is 4.67. The van der Waals surface area contributed by atoms with E-state index in [0.29, 0.717) is 17.8 Å². The Kier molecular flexibility index (Phi) is 5.79. The van der Waals surface area contributed by atoms with Crippen molar-refractivity contribution in [2.45, 2.75) is 13.0 Å². The van der Waals surface area contributed by atoms with Crippen LogP contribution < -0.4 is 10.6 Å². The van der Waals surface area contributed by atoms with Gasteiger partial charge < -0.3 is 25.2 Å². The van der Waals surface area contributed by atoms with Crippen LogP contribution in [0.4, 0.5) is 11.4 Å². The SMILES string of the molecule is COCC(O)CN(C)c1cc(C)c(N)c(C(=O)OC)c1. The first-order chi connectivity index (χ1) is 9.40. The minimum absolute atomic E-state index is 0.252. The van der Waals surface area contributed by atoms with Gasteiger partial charge in [-0.05, 0) is 24.6 Å². The van der Waals surface area contributed by atoms with Gasteiger partial charge in [0.15, 0.2) is 0 Å². The highest BCUT2D eigenvalue weighted by molar-refractivity contribution is 5.97. The van der Waals surface area contributed by atoms with Crippen molar-refractivity contribution in [3.63, 3.8) is 0 Å². The molecule has 0 fully saturated rings. The van der Waals surface area contributed by atoms with Crippen molar-refractivity contribution in [3.8, 4) is 0 Å². The third kappa shape index (κ3) is 3.85. The van der Waals surface area contributed by atoms with Crippen LogP contribution in [-0.2, 0) is 9.47 Å². The topological polar surface area (TPSA) is 85.0 Å². The van der Waals surface area contributed by atoms with Crippen molar-refractivity contribution < 1.29 is 19.4 Å². The standard InChI is InChI=1S/C14H22N2O4/c1-9-5-10(16(2)7-11(17)8-19-3)6-12(13(9)15)14(18)20-4/h5-6,11,17H,7-8,15H2,1-4H3. The molecular weight excluding hydrogens is 260 g/mol. The third-order valence-electron chi connectivity index (χ3n) is 3.06. The van der Waals surface area contributed by atoms with E-state index in [4.69, 9.17) is 15.2 Å². The lowest BCUT2D eigenvalue weighted by Gasteiger charge is -2.24. The largest absolute Gasteiger partial charge is 0.465 e. The number of ether oxygens (including phenoxy) is 2. The van der Waals surface area contributed by atoms with E-state index in [1.165, 1.54) is 14.2 Å². The number of rotatable bonds is 6. The van der Waals surface area contributed by atoms with Gasteiger partial charge in [-0.25, -0.2) is 4.79 Å². The molecule has 1 unspecified atom stereocenters. The van der Waals surface area contributed by atoms with Crippen LogP contribution in [0, 0.1) is 6.92 Å². The number of esters is 1. The number of likely N-dealkylation sites (N-methyl/N-ethyl adjacent to an activating group) is 1. The van der Waals surface area contributed by atoms with Crippen LogP contribution in [0.5, 0.6) is 0 Å². The molecule has 20 heavy (non-hydrogen) atoms. The lowest BCUT2D eigenvalue weighted by Crippen LogP contribution is -2.32. The summed E-state index contributed by atoms with van der Waals surface area (Å²) in [6, 6.07) is 3.52. The van der Waals surface area contributed by atoms with E-state index >= 15 is 0 Å². The molecule has 0 saturated carbocycles. The molecule has 1 aromatic rings. The van der Waals surface area contributed by atoms with Gasteiger partial charge >= 0.3 is 5.97 Å². The summed E-state index contributed by atoms with van der Waals surface area (Å²) in [5, 5.41) is 9.75. The number of methoxy groups -OCH3 is 2. The fraction of sp³-hybridized carbons (Fsp3) is 0.500. The van der Waals surface area contributed by atoms with E-state index < -0.39 is 12.1 Å². The molecule has 0 aromatic heterocycles. The number of benzene rings is 1. The average molecular weight is 282 g/mol. The number of hydrogen-bond donors (Lipinski definition) is 2. The summed E-state index contributed by atoms with van der Waals surface area (Å²) < 4.78 is 9.61. The molecule has 1 atom stereocenters. The maximum absolute atomic E-state index is 11.7. The Morgan fingerprint density at radius 2 is 2.10 bits per heavy atom. The zero-order chi connectivity index (χ0) is 15.3. The Morgan fingerprint density at radius 3 is 2.65 bits per heavy atom. The minimum atomic E-state index is -0.607. The van der Waals surface area contributed by atoms with Crippen LogP contribution in [0.15, 0.2) is 12.1 Å². The van der Waals surface area contributed by atoms with Gasteiger partial charge in [0.1, 0.15) is 0 Å². The molecule has 0 aliphatic heterocycles. The number of anilines is 2. The van der Waals surface area contributed by atoms with E-state index in [0.717, 1.165) is 11.3 Å². The fourth-order valence-electron chi connectivity index (χ4n) is 1.95. The molecule has 0 amide bonds. The predicted molar refractivity (Wildman–Crippen MR) is 78.1 cm³/mol. The van der Waals surface area contributed by atoms with Gasteiger partial charge in [-0.2, -0.15) is 0 Å². The van der Waals surface area contributed by atoms with Gasteiger partial charge in [0, 0.05) is 32.1 Å². The molecule has 112 valence electrons. The maximum Gasteiger partial charge on any atom is 0.340 e. The van der Waals surface area contributed by atoms with Crippen molar-refractivity contribution in [1.82, 2.24) is 0 Å². The molecule has 6 heteroatoms. The normalized spacial score (nSPS) is 12.1. The highest BCUT2D eigenvalue weighted by Crippen LogP contribution is 2.25. The second-order valence-electron chi connectivity index (χ2n) is 4.71. The first kappa shape index (κ1) is 16.3. The van der Waals surface area contributed by atoms with Crippen LogP contribution in [0.2, 0.25) is 0 Å². The first-order valence-corrected chi connectivity index (χ1v) is 6.27. The number of aryl methyl sites for hydroxylation is 1. The number of carbonyl (C=O) groups excluding carboxylic acids is 1. The monoisotopic (exact) mass is 282 g/mol. The predicted octanol–water partition coefficient (Wildman–Crippen LogP) is 0.807. The van der Waals surface area contributed by atoms with Crippen molar-refractivity contribution in [3.05, 3.63) is 23.3 Å². The summed E-state index contributed by atoms with van der Waals surface area (Å²) in [4.78, 5) is 13.5. The fourth-order valence-corrected chi connectivity index (χ4v) is 1.95. The Bertz CT molecular complexity index is 476. The van der Waals surface area contributed by atoms with Crippen LogP contribution in [-0.4, -0.2) is 51.6 Å². The van der Waals surface area contributed by atoms with Crippen LogP contribution >= 0.6 is 0 Å². The number of nitrogens with two attached hydrogens (primary N) is 1. The van der Waals surface area contributed by atoms with Crippen molar-refractivity contribution >= 4 is 17.3 Å². The highest BCUT2D eigenvalue weighted by Gasteiger charge is 2.16. The molecule has 0 aliphatic carbocycles. The van der Waals surface area contributed by atoms with Gasteiger partial charge in [-0.3, -0.25) is 0 Å². The summed E-state index contributed by atoms with van der Waals surface area (Å²) in [6.45, 7) is 2.46. The Morgan fingerprint density at radius 1 is 1.45 bits per heavy atom. The zero-order valence-corrected chi connectivity index (χ0v) is 12.3. The number of hydrogen-bond acceptors (Lipinski definition) is 6. The van der Waals surface area contributed by atoms with E-state index in [1.807, 2.05) is 24.9 Å². The zero-order valence-electron chi connectivity index (χ0n) is 12.3. The van der Waals surface area contributed by atoms with E-state index in [1.54, 1.807) is 6.07 Å². The smallest absolute Gasteiger partial charge is 0.340 e. The lowest BCUT2D eigenvalue weighted by atomic mass is 10.1. The number of aliphatic hydroxyl groups excluding tert-OH is 1. The molecular formula is C14H22N2O4. The molecule has 0 heterocycles. The molecule has 0 aliphatic rings. The van der Waals surface area contributed by atoms with E-state index in [2.05, 4.69) is 0 Å². The summed E-state index contributed by atoms with van der Waals surface area (Å²) in [5.74, 6) is -0.474. The number of nitrogens with zero attached hydrogens (tertiary/aromatic N) is 1. The van der Waals surface area contributed by atoms with Gasteiger partial charge in [0.25, 0.3) is 0 Å². The van der Waals surface area contributed by atoms with Crippen LogP contribution in [0.25, 0.3) is 0 Å². The molecule has 0 saturated heterocycles. The van der Waals surface area contributed by atoms with E-state index in [-0.39, 0.29) is 6.61 Å². The van der Waals surface area contributed by atoms with Crippen LogP contribution in [0.3, 0.4) is 0 Å². The van der Waals surface area contributed by atoms with Gasteiger partial charge in [-0.15, -0.1) is 0 Å². The molecule has 6 nitrogen and oxygen atoms in total. The molecule has 0 spiro atoms. The molecule has 1 aromatic carbocycles. The number of aliphatic hydroxyl groups is 1. The second-order valence-corrected chi connectivity index (χ2v) is 4.71. The Balaban J connectivity index is 3.01. The average Bonchev–Trinajstić information content (AvgIpc) is 2.40. The molecule has 1 rings (SSSR count). The molecule has 0 radical (unpaired) electrons. The number of carbonyl (C=O) groups is 1. The van der Waals surface area contributed by atoms with Gasteiger partial charge in [0.05, 0.1) is 25.4 Å². The summed E-state index contributed by atoms with van der Waals surface area (Å²) in [5.41, 5.74) is 8.20. The lowest BCUT2D eigenvalue weighted by molar-refractivity contribution is 0.0602. The van der Waals surface area contributed by atoms with Gasteiger partial charge in [0.2, 0.25) is 0 Å². The molecule has 0 bridgehead atoms. The Labute approximate surface area is 119 Å².